The van der Waals surface area contributed by atoms with E-state index in [0.29, 0.717) is 0 Å². The first-order valence-electron chi connectivity index (χ1n) is 3.57. The molecule has 0 N–H and O–H groups in total. The van der Waals surface area contributed by atoms with Gasteiger partial charge in [0.05, 0.1) is 18.2 Å². The summed E-state index contributed by atoms with van der Waals surface area (Å²) in [7, 11) is 1.56. The highest BCUT2D eigenvalue weighted by atomic mass is 16.6. The summed E-state index contributed by atoms with van der Waals surface area (Å²) in [5.74, 6) is 0. The van der Waals surface area contributed by atoms with Crippen molar-refractivity contribution in [1.82, 2.24) is 0 Å². The fourth-order valence-corrected chi connectivity index (χ4v) is 1.36. The molecule has 2 rings (SSSR count). The van der Waals surface area contributed by atoms with Crippen LogP contribution in [0.5, 0.6) is 0 Å². The Morgan fingerprint density at radius 2 is 2.36 bits per heavy atom. The Morgan fingerprint density at radius 3 is 3.18 bits per heavy atom. The van der Waals surface area contributed by atoms with Crippen molar-refractivity contribution in [1.29, 1.82) is 0 Å². The summed E-state index contributed by atoms with van der Waals surface area (Å²) in [6.45, 7) is 0. The highest BCUT2D eigenvalue weighted by Crippen LogP contribution is 2.23. The van der Waals surface area contributed by atoms with Crippen LogP contribution in [0.4, 0.5) is 0 Å². The average Bonchev–Trinajstić information content (AvgIpc) is 2.53. The molecule has 3 nitrogen and oxygen atoms in total. The molecule has 1 aliphatic rings. The van der Waals surface area contributed by atoms with Gasteiger partial charge in [0.25, 0.3) is 0 Å². The van der Waals surface area contributed by atoms with E-state index in [1.54, 1.807) is 19.6 Å². The molecule has 1 aliphatic carbocycles. The van der Waals surface area contributed by atoms with Gasteiger partial charge in [0, 0.05) is 5.56 Å². The van der Waals surface area contributed by atoms with Gasteiger partial charge < -0.3 is 9.25 Å². The number of hydrogen-bond acceptors (Lipinski definition) is 3. The molecule has 0 aromatic carbocycles. The molecular formula is C8H9NO2. The van der Waals surface area contributed by atoms with E-state index in [1.165, 1.54) is 5.56 Å². The average molecular weight is 151 g/mol. The second kappa shape index (κ2) is 2.42. The molecule has 0 unspecified atom stereocenters. The molecule has 3 heteroatoms. The maximum atomic E-state index is 5.03. The number of hydrogen-bond donors (Lipinski definition) is 0. The summed E-state index contributed by atoms with van der Waals surface area (Å²) >= 11 is 0. The van der Waals surface area contributed by atoms with E-state index < -0.39 is 0 Å². The highest BCUT2D eigenvalue weighted by molar-refractivity contribution is 6.03. The molecule has 11 heavy (non-hydrogen) atoms. The molecule has 0 aliphatic heterocycles. The maximum Gasteiger partial charge on any atom is 0.106 e. The van der Waals surface area contributed by atoms with Crippen molar-refractivity contribution >= 4 is 5.71 Å². The highest BCUT2D eigenvalue weighted by Gasteiger charge is 2.19. The zero-order valence-corrected chi connectivity index (χ0v) is 6.33. The van der Waals surface area contributed by atoms with Gasteiger partial charge in [-0.3, -0.25) is 0 Å². The molecule has 0 saturated heterocycles. The third-order valence-electron chi connectivity index (χ3n) is 1.89. The number of furan rings is 1. The third-order valence-corrected chi connectivity index (χ3v) is 1.89. The van der Waals surface area contributed by atoms with Gasteiger partial charge in [0.1, 0.15) is 7.11 Å². The van der Waals surface area contributed by atoms with Gasteiger partial charge in [-0.1, -0.05) is 5.16 Å². The number of rotatable bonds is 1. The number of oxime groups is 1. The van der Waals surface area contributed by atoms with Crippen LogP contribution in [0.2, 0.25) is 0 Å². The molecule has 0 fully saturated rings. The predicted molar refractivity (Wildman–Crippen MR) is 40.6 cm³/mol. The number of nitrogens with zero attached hydrogens (tertiary/aromatic N) is 1. The third kappa shape index (κ3) is 0.926. The topological polar surface area (TPSA) is 34.7 Å². The molecule has 0 atom stereocenters. The van der Waals surface area contributed by atoms with Crippen LogP contribution in [0.3, 0.4) is 0 Å². The summed E-state index contributed by atoms with van der Waals surface area (Å²) in [5.41, 5.74) is 3.34. The van der Waals surface area contributed by atoms with E-state index in [4.69, 9.17) is 9.25 Å². The molecule has 0 amide bonds. The lowest BCUT2D eigenvalue weighted by Gasteiger charge is -1.91. The Morgan fingerprint density at radius 1 is 1.45 bits per heavy atom. The van der Waals surface area contributed by atoms with Gasteiger partial charge in [0.2, 0.25) is 0 Å². The summed E-state index contributed by atoms with van der Waals surface area (Å²) in [6.07, 6.45) is 5.48. The van der Waals surface area contributed by atoms with Crippen molar-refractivity contribution in [2.45, 2.75) is 12.8 Å². The first-order chi connectivity index (χ1) is 5.42. The smallest absolute Gasteiger partial charge is 0.106 e. The predicted octanol–water partition coefficient (Wildman–Crippen LogP) is 1.58. The van der Waals surface area contributed by atoms with Crippen molar-refractivity contribution in [2.75, 3.05) is 7.11 Å². The van der Waals surface area contributed by atoms with Crippen molar-refractivity contribution in [3.05, 3.63) is 23.7 Å². The van der Waals surface area contributed by atoms with Crippen molar-refractivity contribution in [2.24, 2.45) is 5.16 Å². The van der Waals surface area contributed by atoms with Gasteiger partial charge in [-0.2, -0.15) is 0 Å². The lowest BCUT2D eigenvalue weighted by molar-refractivity contribution is 0.213. The summed E-state index contributed by atoms with van der Waals surface area (Å²) in [5, 5.41) is 3.89. The van der Waals surface area contributed by atoms with Crippen molar-refractivity contribution < 1.29 is 9.25 Å². The molecular weight excluding hydrogens is 142 g/mol. The Hall–Kier alpha value is -1.25. The quantitative estimate of drug-likeness (QED) is 0.571. The lowest BCUT2D eigenvalue weighted by Crippen LogP contribution is -1.92. The fraction of sp³-hybridized carbons (Fsp3) is 0.375. The van der Waals surface area contributed by atoms with Crippen LogP contribution in [0.1, 0.15) is 17.5 Å². The van der Waals surface area contributed by atoms with Gasteiger partial charge in [-0.05, 0) is 18.4 Å². The molecule has 58 valence electrons. The van der Waals surface area contributed by atoms with E-state index in [-0.39, 0.29) is 0 Å². The first kappa shape index (κ1) is 6.46. The normalized spacial score (nSPS) is 18.8. The standard InChI is InChI=1S/C8H9NO2/c1-10-9-8-3-2-6-4-11-5-7(6)8/h4-5H,2-3H2,1H3/b9-8-. The van der Waals surface area contributed by atoms with E-state index >= 15 is 0 Å². The maximum absolute atomic E-state index is 5.03. The Balaban J connectivity index is 2.38. The zero-order chi connectivity index (χ0) is 7.68. The van der Waals surface area contributed by atoms with Gasteiger partial charge in [-0.15, -0.1) is 0 Å². The summed E-state index contributed by atoms with van der Waals surface area (Å²) in [6, 6.07) is 0. The van der Waals surface area contributed by atoms with Gasteiger partial charge in [0.15, 0.2) is 0 Å². The van der Waals surface area contributed by atoms with Crippen LogP contribution in [0.15, 0.2) is 22.1 Å². The van der Waals surface area contributed by atoms with Crippen LogP contribution in [-0.2, 0) is 11.3 Å². The molecule has 0 saturated carbocycles. The van der Waals surface area contributed by atoms with Crippen LogP contribution in [0, 0.1) is 0 Å². The largest absolute Gasteiger partial charge is 0.472 e. The Kier molecular flexibility index (Phi) is 1.42. The van der Waals surface area contributed by atoms with Crippen LogP contribution in [0.25, 0.3) is 0 Å². The lowest BCUT2D eigenvalue weighted by atomic mass is 10.2. The molecule has 0 bridgehead atoms. The van der Waals surface area contributed by atoms with E-state index in [2.05, 4.69) is 5.16 Å². The second-order valence-electron chi connectivity index (χ2n) is 2.53. The van der Waals surface area contributed by atoms with Gasteiger partial charge in [-0.25, -0.2) is 0 Å². The molecule has 1 aromatic heterocycles. The SMILES string of the molecule is CO/N=C1/CCc2cocc21. The minimum absolute atomic E-state index is 0.967. The van der Waals surface area contributed by atoms with Gasteiger partial charge >= 0.3 is 0 Å². The Bertz CT molecular complexity index is 288. The van der Waals surface area contributed by atoms with E-state index in [9.17, 15) is 0 Å². The Labute approximate surface area is 64.6 Å². The van der Waals surface area contributed by atoms with Crippen molar-refractivity contribution in [3.8, 4) is 0 Å². The second-order valence-corrected chi connectivity index (χ2v) is 2.53. The first-order valence-corrected chi connectivity index (χ1v) is 3.57. The summed E-state index contributed by atoms with van der Waals surface area (Å²) < 4.78 is 5.03. The summed E-state index contributed by atoms with van der Waals surface area (Å²) in [4.78, 5) is 4.70. The molecule has 1 heterocycles. The molecule has 1 aromatic rings. The monoisotopic (exact) mass is 151 g/mol. The molecule has 0 spiro atoms. The van der Waals surface area contributed by atoms with E-state index in [0.717, 1.165) is 24.1 Å². The number of fused-ring (bicyclic) bond motifs is 1. The minimum atomic E-state index is 0.967. The van der Waals surface area contributed by atoms with Crippen LogP contribution in [-0.4, -0.2) is 12.8 Å². The zero-order valence-electron chi connectivity index (χ0n) is 6.33. The van der Waals surface area contributed by atoms with Crippen LogP contribution < -0.4 is 0 Å². The number of aryl methyl sites for hydroxylation is 1. The molecule has 0 radical (unpaired) electrons. The van der Waals surface area contributed by atoms with Crippen LogP contribution >= 0.6 is 0 Å². The minimum Gasteiger partial charge on any atom is -0.472 e. The fourth-order valence-electron chi connectivity index (χ4n) is 1.36. The van der Waals surface area contributed by atoms with Crippen molar-refractivity contribution in [3.63, 3.8) is 0 Å². The van der Waals surface area contributed by atoms with E-state index in [1.807, 2.05) is 0 Å².